The number of hydrogen-bond donors (Lipinski definition) is 1. The first-order chi connectivity index (χ1) is 19.9. The lowest BCUT2D eigenvalue weighted by atomic mass is 9.96. The number of nitrogens with zero attached hydrogens (tertiary/aromatic N) is 4. The molecule has 0 unspecified atom stereocenters. The minimum Gasteiger partial charge on any atom is -0.379 e. The summed E-state index contributed by atoms with van der Waals surface area (Å²) in [5.41, 5.74) is 8.14. The standard InChI is InChI=1S/C31H36ClN5O3S/c1-41(38,39)36-15-11-30-28(22-36)31(34-37(30)14-3-13-35-16-18-40-19-17-35)26-8-9-29(32)25(20-26)7-6-23-4-2-5-24-10-12-33-21-27(23)24/h2,4-5,8-9,20,33H,3,10-19,21-22H2,1H3. The molecule has 0 bridgehead atoms. The van der Waals surface area contributed by atoms with Gasteiger partial charge in [0.05, 0.1) is 30.2 Å². The Morgan fingerprint density at radius 2 is 1.85 bits per heavy atom. The van der Waals surface area contributed by atoms with Crippen molar-refractivity contribution in [1.29, 1.82) is 0 Å². The summed E-state index contributed by atoms with van der Waals surface area (Å²) < 4.78 is 34.0. The summed E-state index contributed by atoms with van der Waals surface area (Å²) in [5, 5.41) is 9.08. The van der Waals surface area contributed by atoms with Crippen molar-refractivity contribution in [1.82, 2.24) is 24.3 Å². The van der Waals surface area contributed by atoms with Crippen molar-refractivity contribution in [3.8, 4) is 23.1 Å². The molecule has 6 rings (SSSR count). The molecule has 1 aromatic heterocycles. The highest BCUT2D eigenvalue weighted by atomic mass is 35.5. The fraction of sp³-hybridized carbons (Fsp3) is 0.452. The van der Waals surface area contributed by atoms with Crippen LogP contribution in [0, 0.1) is 11.8 Å². The molecular weight excluding hydrogens is 558 g/mol. The maximum Gasteiger partial charge on any atom is 0.211 e. The van der Waals surface area contributed by atoms with Crippen molar-refractivity contribution in [3.05, 3.63) is 74.9 Å². The predicted molar refractivity (Wildman–Crippen MR) is 161 cm³/mol. The molecule has 0 saturated carbocycles. The van der Waals surface area contributed by atoms with Gasteiger partial charge in [0, 0.05) is 80.2 Å². The number of ether oxygens (including phenoxy) is 1. The van der Waals surface area contributed by atoms with Crippen molar-refractivity contribution >= 4 is 21.6 Å². The lowest BCUT2D eigenvalue weighted by Gasteiger charge is -2.27. The van der Waals surface area contributed by atoms with E-state index in [9.17, 15) is 8.42 Å². The second kappa shape index (κ2) is 12.3. The summed E-state index contributed by atoms with van der Waals surface area (Å²) >= 11 is 6.63. The van der Waals surface area contributed by atoms with E-state index < -0.39 is 10.0 Å². The first-order valence-corrected chi connectivity index (χ1v) is 16.6. The lowest BCUT2D eigenvalue weighted by molar-refractivity contribution is 0.0368. The van der Waals surface area contributed by atoms with Gasteiger partial charge >= 0.3 is 0 Å². The van der Waals surface area contributed by atoms with Crippen LogP contribution in [0.1, 0.15) is 39.9 Å². The quantitative estimate of drug-likeness (QED) is 0.442. The first kappa shape index (κ1) is 28.4. The molecule has 216 valence electrons. The van der Waals surface area contributed by atoms with Gasteiger partial charge in [-0.15, -0.1) is 0 Å². The molecule has 2 aromatic carbocycles. The van der Waals surface area contributed by atoms with Gasteiger partial charge < -0.3 is 10.1 Å². The predicted octanol–water partition coefficient (Wildman–Crippen LogP) is 3.29. The topological polar surface area (TPSA) is 79.7 Å². The van der Waals surface area contributed by atoms with Crippen LogP contribution in [0.15, 0.2) is 36.4 Å². The van der Waals surface area contributed by atoms with Gasteiger partial charge in [0.1, 0.15) is 0 Å². The Hall–Kier alpha value is -2.71. The zero-order valence-electron chi connectivity index (χ0n) is 23.5. The second-order valence-corrected chi connectivity index (χ2v) is 13.4. The van der Waals surface area contributed by atoms with E-state index in [1.807, 2.05) is 18.2 Å². The number of fused-ring (bicyclic) bond motifs is 2. The normalized spacial score (nSPS) is 17.9. The average molecular weight is 594 g/mol. The molecule has 0 amide bonds. The molecule has 0 spiro atoms. The van der Waals surface area contributed by atoms with E-state index in [4.69, 9.17) is 21.4 Å². The smallest absolute Gasteiger partial charge is 0.211 e. The van der Waals surface area contributed by atoms with Crippen LogP contribution in [-0.2, 0) is 47.2 Å². The summed E-state index contributed by atoms with van der Waals surface area (Å²) in [6.07, 6.45) is 3.89. The van der Waals surface area contributed by atoms with E-state index >= 15 is 0 Å². The molecule has 3 aliphatic heterocycles. The summed E-state index contributed by atoms with van der Waals surface area (Å²) in [4.78, 5) is 2.43. The van der Waals surface area contributed by atoms with Crippen molar-refractivity contribution in [3.63, 3.8) is 0 Å². The number of morpholine rings is 1. The van der Waals surface area contributed by atoms with Crippen LogP contribution in [0.3, 0.4) is 0 Å². The highest BCUT2D eigenvalue weighted by molar-refractivity contribution is 7.88. The molecule has 4 heterocycles. The van der Waals surface area contributed by atoms with E-state index in [-0.39, 0.29) is 0 Å². The summed E-state index contributed by atoms with van der Waals surface area (Å²) in [6, 6.07) is 12.1. The summed E-state index contributed by atoms with van der Waals surface area (Å²) in [6.45, 7) is 7.86. The first-order valence-electron chi connectivity index (χ1n) is 14.3. The monoisotopic (exact) mass is 593 g/mol. The van der Waals surface area contributed by atoms with E-state index in [0.717, 1.165) is 99.0 Å². The van der Waals surface area contributed by atoms with Crippen molar-refractivity contribution in [2.24, 2.45) is 0 Å². The third kappa shape index (κ3) is 6.38. The molecular formula is C31H36ClN5O3S. The molecule has 1 saturated heterocycles. The molecule has 3 aromatic rings. The fourth-order valence-corrected chi connectivity index (χ4v) is 6.92. The second-order valence-electron chi connectivity index (χ2n) is 11.0. The van der Waals surface area contributed by atoms with E-state index in [2.05, 4.69) is 44.9 Å². The van der Waals surface area contributed by atoms with E-state index in [1.54, 1.807) is 4.31 Å². The van der Waals surface area contributed by atoms with Crippen LogP contribution in [0.2, 0.25) is 5.02 Å². The molecule has 41 heavy (non-hydrogen) atoms. The maximum absolute atomic E-state index is 12.5. The van der Waals surface area contributed by atoms with E-state index in [1.165, 1.54) is 17.4 Å². The lowest BCUT2D eigenvalue weighted by Crippen LogP contribution is -2.37. The van der Waals surface area contributed by atoms with Crippen LogP contribution >= 0.6 is 11.6 Å². The molecule has 0 radical (unpaired) electrons. The van der Waals surface area contributed by atoms with Gasteiger partial charge in [0.2, 0.25) is 10.0 Å². The highest BCUT2D eigenvalue weighted by Crippen LogP contribution is 2.33. The third-order valence-electron chi connectivity index (χ3n) is 8.23. The number of halogens is 1. The van der Waals surface area contributed by atoms with Crippen LogP contribution in [0.4, 0.5) is 0 Å². The van der Waals surface area contributed by atoms with Crippen LogP contribution < -0.4 is 5.32 Å². The molecule has 0 aliphatic carbocycles. The minimum absolute atomic E-state index is 0.319. The number of nitrogens with one attached hydrogen (secondary N) is 1. The van der Waals surface area contributed by atoms with Crippen molar-refractivity contribution in [2.45, 2.75) is 38.9 Å². The summed E-state index contributed by atoms with van der Waals surface area (Å²) in [5.74, 6) is 6.67. The molecule has 0 atom stereocenters. The van der Waals surface area contributed by atoms with Crippen molar-refractivity contribution < 1.29 is 13.2 Å². The number of aryl methyl sites for hydroxylation is 1. The van der Waals surface area contributed by atoms with Gasteiger partial charge in [-0.2, -0.15) is 9.40 Å². The van der Waals surface area contributed by atoms with Crippen LogP contribution in [0.5, 0.6) is 0 Å². The number of aromatic nitrogens is 2. The van der Waals surface area contributed by atoms with Crippen LogP contribution in [-0.4, -0.2) is 79.6 Å². The van der Waals surface area contributed by atoms with Gasteiger partial charge in [-0.3, -0.25) is 9.58 Å². The molecule has 8 nitrogen and oxygen atoms in total. The highest BCUT2D eigenvalue weighted by Gasteiger charge is 2.30. The Labute approximate surface area is 247 Å². The van der Waals surface area contributed by atoms with Crippen molar-refractivity contribution in [2.75, 3.05) is 52.2 Å². The number of rotatable bonds is 6. The van der Waals surface area contributed by atoms with Gasteiger partial charge in [-0.1, -0.05) is 41.6 Å². The molecule has 1 fully saturated rings. The molecule has 10 heteroatoms. The van der Waals surface area contributed by atoms with Gasteiger partial charge in [-0.05, 0) is 48.7 Å². The Morgan fingerprint density at radius 1 is 1.02 bits per heavy atom. The summed E-state index contributed by atoms with van der Waals surface area (Å²) in [7, 11) is -3.32. The van der Waals surface area contributed by atoms with Crippen LogP contribution in [0.25, 0.3) is 11.3 Å². The largest absolute Gasteiger partial charge is 0.379 e. The van der Waals surface area contributed by atoms with Gasteiger partial charge in [0.25, 0.3) is 0 Å². The Bertz CT molecular complexity index is 1600. The number of sulfonamides is 1. The minimum atomic E-state index is -3.32. The fourth-order valence-electron chi connectivity index (χ4n) is 5.97. The molecule has 1 N–H and O–H groups in total. The Morgan fingerprint density at radius 3 is 2.68 bits per heavy atom. The molecule has 3 aliphatic rings. The van der Waals surface area contributed by atoms with E-state index in [0.29, 0.717) is 24.5 Å². The number of hydrogen-bond acceptors (Lipinski definition) is 6. The zero-order chi connectivity index (χ0) is 28.4. The Balaban J connectivity index is 1.31. The van der Waals surface area contributed by atoms with Gasteiger partial charge in [0.15, 0.2) is 0 Å². The zero-order valence-corrected chi connectivity index (χ0v) is 25.0. The van der Waals surface area contributed by atoms with Gasteiger partial charge in [-0.25, -0.2) is 8.42 Å². The number of benzene rings is 2. The SMILES string of the molecule is CS(=O)(=O)N1CCc2c(c(-c3ccc(Cl)c(C#Cc4cccc5c4CNCC5)c3)nn2CCCN2CCOCC2)C1. The third-order valence-corrected chi connectivity index (χ3v) is 9.81. The maximum atomic E-state index is 12.5. The Kier molecular flexibility index (Phi) is 8.50. The average Bonchev–Trinajstić information content (AvgIpc) is 3.35.